The maximum absolute atomic E-state index is 12.9. The van der Waals surface area contributed by atoms with Gasteiger partial charge < -0.3 is 21.3 Å². The van der Waals surface area contributed by atoms with Gasteiger partial charge in [-0.3, -0.25) is 14.4 Å². The second-order valence-electron chi connectivity index (χ2n) is 7.58. The standard InChI is InChI=1S/C19H32N4O3/c1-12(20)17(24)21-13(2)18(25)22-15-10-7-11-16(23(3)19(15)26)14-8-5-4-6-9-14/h7,11-16H,4-6,8-10,20H2,1-3H3,(H,21,24)(H,22,25)/t12-,13-,15-,16+/m0/s1. The zero-order valence-corrected chi connectivity index (χ0v) is 16.0. The molecule has 26 heavy (non-hydrogen) atoms. The van der Waals surface area contributed by atoms with Crippen molar-refractivity contribution >= 4 is 17.7 Å². The smallest absolute Gasteiger partial charge is 0.245 e. The van der Waals surface area contributed by atoms with Crippen LogP contribution in [0.1, 0.15) is 52.4 Å². The molecule has 1 fully saturated rings. The van der Waals surface area contributed by atoms with Gasteiger partial charge in [-0.05, 0) is 39.0 Å². The molecule has 1 heterocycles. The Kier molecular flexibility index (Phi) is 7.20. The number of likely N-dealkylation sites (N-methyl/N-ethyl adjacent to an activating group) is 1. The van der Waals surface area contributed by atoms with Crippen LogP contribution in [0.4, 0.5) is 0 Å². The number of nitrogens with zero attached hydrogens (tertiary/aromatic N) is 1. The summed E-state index contributed by atoms with van der Waals surface area (Å²) in [5.41, 5.74) is 5.50. The molecule has 3 amide bonds. The van der Waals surface area contributed by atoms with E-state index in [2.05, 4.69) is 16.7 Å². The van der Waals surface area contributed by atoms with Crippen LogP contribution in [0.15, 0.2) is 12.2 Å². The molecule has 7 heteroatoms. The Labute approximate surface area is 155 Å². The van der Waals surface area contributed by atoms with Gasteiger partial charge in [0.05, 0.1) is 12.1 Å². The molecule has 0 bridgehead atoms. The van der Waals surface area contributed by atoms with Crippen molar-refractivity contribution in [3.63, 3.8) is 0 Å². The molecule has 1 aliphatic carbocycles. The van der Waals surface area contributed by atoms with Crippen molar-refractivity contribution in [1.29, 1.82) is 0 Å². The largest absolute Gasteiger partial charge is 0.343 e. The number of hydrogen-bond donors (Lipinski definition) is 3. The summed E-state index contributed by atoms with van der Waals surface area (Å²) in [7, 11) is 1.82. The van der Waals surface area contributed by atoms with Crippen molar-refractivity contribution in [1.82, 2.24) is 15.5 Å². The Hall–Kier alpha value is -1.89. The van der Waals surface area contributed by atoms with E-state index < -0.39 is 24.0 Å². The highest BCUT2D eigenvalue weighted by Crippen LogP contribution is 2.30. The summed E-state index contributed by atoms with van der Waals surface area (Å²) < 4.78 is 0. The molecule has 7 nitrogen and oxygen atoms in total. The molecule has 0 unspecified atom stereocenters. The van der Waals surface area contributed by atoms with Crippen molar-refractivity contribution in [3.8, 4) is 0 Å². The summed E-state index contributed by atoms with van der Waals surface area (Å²) >= 11 is 0. The molecule has 2 rings (SSSR count). The predicted molar refractivity (Wildman–Crippen MR) is 100 cm³/mol. The number of hydrogen-bond acceptors (Lipinski definition) is 4. The number of nitrogens with two attached hydrogens (primary N) is 1. The highest BCUT2D eigenvalue weighted by molar-refractivity contribution is 5.93. The maximum atomic E-state index is 12.9. The molecule has 0 radical (unpaired) electrons. The monoisotopic (exact) mass is 364 g/mol. The molecular formula is C19H32N4O3. The zero-order valence-electron chi connectivity index (χ0n) is 16.0. The lowest BCUT2D eigenvalue weighted by Crippen LogP contribution is -2.55. The Morgan fingerprint density at radius 2 is 1.85 bits per heavy atom. The van der Waals surface area contributed by atoms with Gasteiger partial charge in [-0.15, -0.1) is 0 Å². The van der Waals surface area contributed by atoms with Crippen LogP contribution in [0.25, 0.3) is 0 Å². The van der Waals surface area contributed by atoms with Gasteiger partial charge >= 0.3 is 0 Å². The van der Waals surface area contributed by atoms with Gasteiger partial charge in [-0.25, -0.2) is 0 Å². The minimum absolute atomic E-state index is 0.0790. The number of rotatable bonds is 5. The minimum atomic E-state index is -0.743. The minimum Gasteiger partial charge on any atom is -0.343 e. The lowest BCUT2D eigenvalue weighted by Gasteiger charge is -2.35. The van der Waals surface area contributed by atoms with E-state index in [9.17, 15) is 14.4 Å². The average molecular weight is 364 g/mol. The summed E-state index contributed by atoms with van der Waals surface area (Å²) in [5.74, 6) is -0.359. The Morgan fingerprint density at radius 3 is 2.46 bits per heavy atom. The maximum Gasteiger partial charge on any atom is 0.245 e. The third kappa shape index (κ3) is 5.06. The third-order valence-corrected chi connectivity index (χ3v) is 5.41. The molecule has 1 saturated carbocycles. The van der Waals surface area contributed by atoms with Gasteiger partial charge in [0, 0.05) is 7.05 Å². The fraction of sp³-hybridized carbons (Fsp3) is 0.737. The van der Waals surface area contributed by atoms with Crippen molar-refractivity contribution < 1.29 is 14.4 Å². The molecule has 0 aromatic heterocycles. The first-order valence-electron chi connectivity index (χ1n) is 9.61. The molecular weight excluding hydrogens is 332 g/mol. The van der Waals surface area contributed by atoms with Gasteiger partial charge in [0.1, 0.15) is 12.1 Å². The van der Waals surface area contributed by atoms with Crippen LogP contribution in [0.3, 0.4) is 0 Å². The van der Waals surface area contributed by atoms with Crippen molar-refractivity contribution in [3.05, 3.63) is 12.2 Å². The third-order valence-electron chi connectivity index (χ3n) is 5.41. The van der Waals surface area contributed by atoms with Crippen molar-refractivity contribution in [2.45, 2.75) is 76.5 Å². The first kappa shape index (κ1) is 20.4. The highest BCUT2D eigenvalue weighted by Gasteiger charge is 2.34. The van der Waals surface area contributed by atoms with Crippen LogP contribution in [0, 0.1) is 5.92 Å². The van der Waals surface area contributed by atoms with Gasteiger partial charge in [0.2, 0.25) is 17.7 Å². The van der Waals surface area contributed by atoms with E-state index in [0.717, 1.165) is 12.8 Å². The Morgan fingerprint density at radius 1 is 1.19 bits per heavy atom. The summed E-state index contributed by atoms with van der Waals surface area (Å²) in [5, 5.41) is 5.32. The Balaban J connectivity index is 1.96. The van der Waals surface area contributed by atoms with Crippen LogP contribution >= 0.6 is 0 Å². The first-order valence-corrected chi connectivity index (χ1v) is 9.61. The number of amides is 3. The second kappa shape index (κ2) is 9.16. The molecule has 0 aromatic carbocycles. The summed E-state index contributed by atoms with van der Waals surface area (Å²) in [6.45, 7) is 3.14. The lowest BCUT2D eigenvalue weighted by atomic mass is 9.83. The fourth-order valence-electron chi connectivity index (χ4n) is 3.75. The molecule has 0 saturated heterocycles. The molecule has 4 atom stereocenters. The van der Waals surface area contributed by atoms with Crippen molar-refractivity contribution in [2.24, 2.45) is 11.7 Å². The molecule has 1 aliphatic heterocycles. The summed E-state index contributed by atoms with van der Waals surface area (Å²) in [6, 6.07) is -1.94. The first-order chi connectivity index (χ1) is 12.3. The van der Waals surface area contributed by atoms with Crippen molar-refractivity contribution in [2.75, 3.05) is 7.05 Å². The van der Waals surface area contributed by atoms with Crippen LogP contribution < -0.4 is 16.4 Å². The molecule has 0 aromatic rings. The van der Waals surface area contributed by atoms with Crippen LogP contribution in [0.5, 0.6) is 0 Å². The topological polar surface area (TPSA) is 105 Å². The number of carbonyl (C=O) groups is 3. The number of carbonyl (C=O) groups excluding carboxylic acids is 3. The Bertz CT molecular complexity index is 555. The SMILES string of the molecule is C[C@H](N)C(=O)N[C@@H](C)C(=O)N[C@H]1CC=C[C@H](C2CCCCC2)N(C)C1=O. The van der Waals surface area contributed by atoms with E-state index in [4.69, 9.17) is 5.73 Å². The normalized spacial score (nSPS) is 26.8. The van der Waals surface area contributed by atoms with E-state index >= 15 is 0 Å². The van der Waals surface area contributed by atoms with Gasteiger partial charge in [-0.1, -0.05) is 31.4 Å². The van der Waals surface area contributed by atoms with E-state index in [-0.39, 0.29) is 17.9 Å². The van der Waals surface area contributed by atoms with Gasteiger partial charge in [0.15, 0.2) is 0 Å². The van der Waals surface area contributed by atoms with Gasteiger partial charge in [0.25, 0.3) is 0 Å². The molecule has 146 valence electrons. The molecule has 2 aliphatic rings. The van der Waals surface area contributed by atoms with E-state index in [1.54, 1.807) is 18.7 Å². The quantitative estimate of drug-likeness (QED) is 0.624. The van der Waals surface area contributed by atoms with E-state index in [0.29, 0.717) is 12.3 Å². The zero-order chi connectivity index (χ0) is 19.3. The summed E-state index contributed by atoms with van der Waals surface area (Å²) in [4.78, 5) is 38.6. The van der Waals surface area contributed by atoms with Crippen LogP contribution in [-0.4, -0.2) is 53.8 Å². The molecule has 4 N–H and O–H groups in total. The summed E-state index contributed by atoms with van der Waals surface area (Å²) in [6.07, 6.45) is 10.6. The molecule has 0 spiro atoms. The lowest BCUT2D eigenvalue weighted by molar-refractivity contribution is -0.137. The van der Waals surface area contributed by atoms with E-state index in [1.807, 2.05) is 13.1 Å². The van der Waals surface area contributed by atoms with Gasteiger partial charge in [-0.2, -0.15) is 0 Å². The highest BCUT2D eigenvalue weighted by atomic mass is 16.2. The average Bonchev–Trinajstić information content (AvgIpc) is 2.75. The van der Waals surface area contributed by atoms with Crippen LogP contribution in [-0.2, 0) is 14.4 Å². The number of nitrogens with one attached hydrogen (secondary N) is 2. The predicted octanol–water partition coefficient (Wildman–Crippen LogP) is 0.690. The fourth-order valence-corrected chi connectivity index (χ4v) is 3.75. The van der Waals surface area contributed by atoms with E-state index in [1.165, 1.54) is 19.3 Å². The van der Waals surface area contributed by atoms with Crippen LogP contribution in [0.2, 0.25) is 0 Å². The second-order valence-corrected chi connectivity index (χ2v) is 7.58.